The molecule has 1 unspecified atom stereocenters. The first-order valence-electron chi connectivity index (χ1n) is 10.8. The zero-order valence-electron chi connectivity index (χ0n) is 16.8. The molecule has 0 saturated heterocycles. The van der Waals surface area contributed by atoms with Gasteiger partial charge in [0.1, 0.15) is 0 Å². The molecule has 1 atom stereocenters. The SMILES string of the molecule is CC1CCc2[nH]c3c(C(=O)NCCNC(=O)C4CCCCC4)cccc3c2C1. The van der Waals surface area contributed by atoms with Gasteiger partial charge in [0.15, 0.2) is 0 Å². The Labute approximate surface area is 166 Å². The van der Waals surface area contributed by atoms with Gasteiger partial charge in [-0.3, -0.25) is 9.59 Å². The Hall–Kier alpha value is -2.30. The monoisotopic (exact) mass is 381 g/mol. The fraction of sp³-hybridized carbons (Fsp3) is 0.565. The predicted octanol–water partition coefficient (Wildman–Crippen LogP) is 3.72. The van der Waals surface area contributed by atoms with Crippen LogP contribution in [-0.2, 0) is 17.6 Å². The molecular weight excluding hydrogens is 350 g/mol. The molecule has 4 rings (SSSR count). The molecule has 1 saturated carbocycles. The van der Waals surface area contributed by atoms with E-state index in [4.69, 9.17) is 0 Å². The summed E-state index contributed by atoms with van der Waals surface area (Å²) >= 11 is 0. The van der Waals surface area contributed by atoms with Gasteiger partial charge in [-0.25, -0.2) is 0 Å². The lowest BCUT2D eigenvalue weighted by Crippen LogP contribution is -2.38. The summed E-state index contributed by atoms with van der Waals surface area (Å²) in [7, 11) is 0. The minimum Gasteiger partial charge on any atom is -0.358 e. The van der Waals surface area contributed by atoms with Crippen LogP contribution in [0, 0.1) is 11.8 Å². The van der Waals surface area contributed by atoms with Crippen molar-refractivity contribution in [1.29, 1.82) is 0 Å². The summed E-state index contributed by atoms with van der Waals surface area (Å²) in [5, 5.41) is 7.12. The molecule has 2 amide bonds. The van der Waals surface area contributed by atoms with Crippen molar-refractivity contribution in [3.63, 3.8) is 0 Å². The second kappa shape index (κ2) is 8.38. The summed E-state index contributed by atoms with van der Waals surface area (Å²) in [6.45, 7) is 3.22. The van der Waals surface area contributed by atoms with Crippen molar-refractivity contribution in [3.05, 3.63) is 35.0 Å². The fourth-order valence-electron chi connectivity index (χ4n) is 4.77. The number of benzene rings is 1. The van der Waals surface area contributed by atoms with Crippen molar-refractivity contribution in [2.75, 3.05) is 13.1 Å². The van der Waals surface area contributed by atoms with Crippen LogP contribution in [0.3, 0.4) is 0 Å². The summed E-state index contributed by atoms with van der Waals surface area (Å²) in [5.41, 5.74) is 4.31. The number of hydrogen-bond acceptors (Lipinski definition) is 2. The smallest absolute Gasteiger partial charge is 0.253 e. The minimum atomic E-state index is -0.0795. The molecule has 0 radical (unpaired) electrons. The average Bonchev–Trinajstić information content (AvgIpc) is 3.09. The number of hydrogen-bond donors (Lipinski definition) is 3. The molecule has 0 aliphatic heterocycles. The molecule has 1 fully saturated rings. The van der Waals surface area contributed by atoms with Gasteiger partial charge in [-0.2, -0.15) is 0 Å². The molecule has 2 aromatic rings. The van der Waals surface area contributed by atoms with E-state index < -0.39 is 0 Å². The molecule has 2 aliphatic rings. The second-order valence-electron chi connectivity index (χ2n) is 8.54. The van der Waals surface area contributed by atoms with Gasteiger partial charge < -0.3 is 15.6 Å². The van der Waals surface area contributed by atoms with Gasteiger partial charge in [0, 0.05) is 30.1 Å². The molecular formula is C23H31N3O2. The van der Waals surface area contributed by atoms with Crippen LogP contribution in [0.25, 0.3) is 10.9 Å². The van der Waals surface area contributed by atoms with E-state index in [1.165, 1.54) is 29.5 Å². The minimum absolute atomic E-state index is 0.0795. The average molecular weight is 382 g/mol. The van der Waals surface area contributed by atoms with Crippen molar-refractivity contribution >= 4 is 22.7 Å². The van der Waals surface area contributed by atoms with Gasteiger partial charge in [0.2, 0.25) is 5.91 Å². The van der Waals surface area contributed by atoms with Gasteiger partial charge in [-0.1, -0.05) is 38.3 Å². The van der Waals surface area contributed by atoms with E-state index in [9.17, 15) is 9.59 Å². The van der Waals surface area contributed by atoms with Crippen LogP contribution in [0.1, 0.15) is 67.1 Å². The molecule has 28 heavy (non-hydrogen) atoms. The Kier molecular flexibility index (Phi) is 5.69. The van der Waals surface area contributed by atoms with Crippen molar-refractivity contribution in [1.82, 2.24) is 15.6 Å². The van der Waals surface area contributed by atoms with Crippen LogP contribution in [0.15, 0.2) is 18.2 Å². The first-order chi connectivity index (χ1) is 13.6. The maximum absolute atomic E-state index is 12.7. The van der Waals surface area contributed by atoms with Gasteiger partial charge in [-0.05, 0) is 49.7 Å². The number of H-pyrrole nitrogens is 1. The molecule has 1 aromatic carbocycles. The Morgan fingerprint density at radius 3 is 2.68 bits per heavy atom. The van der Waals surface area contributed by atoms with Gasteiger partial charge in [0.05, 0.1) is 11.1 Å². The number of rotatable bonds is 5. The van der Waals surface area contributed by atoms with Crippen molar-refractivity contribution < 1.29 is 9.59 Å². The summed E-state index contributed by atoms with van der Waals surface area (Å²) in [6, 6.07) is 5.96. The number of carbonyl (C=O) groups is 2. The Bertz CT molecular complexity index is 864. The third-order valence-corrected chi connectivity index (χ3v) is 6.40. The van der Waals surface area contributed by atoms with E-state index in [1.54, 1.807) is 0 Å². The Morgan fingerprint density at radius 1 is 1.07 bits per heavy atom. The van der Waals surface area contributed by atoms with E-state index in [-0.39, 0.29) is 17.7 Å². The number of para-hydroxylation sites is 1. The highest BCUT2D eigenvalue weighted by molar-refractivity contribution is 6.06. The summed E-state index contributed by atoms with van der Waals surface area (Å²) in [5.74, 6) is 0.911. The van der Waals surface area contributed by atoms with Crippen molar-refractivity contribution in [2.24, 2.45) is 11.8 Å². The van der Waals surface area contributed by atoms with E-state index in [0.29, 0.717) is 24.6 Å². The molecule has 0 spiro atoms. The van der Waals surface area contributed by atoms with Gasteiger partial charge in [0.25, 0.3) is 5.91 Å². The zero-order valence-corrected chi connectivity index (χ0v) is 16.8. The molecule has 5 heteroatoms. The van der Waals surface area contributed by atoms with Crippen LogP contribution in [0.5, 0.6) is 0 Å². The second-order valence-corrected chi connectivity index (χ2v) is 8.54. The molecule has 150 valence electrons. The van der Waals surface area contributed by atoms with E-state index >= 15 is 0 Å². The number of nitrogens with one attached hydrogen (secondary N) is 3. The highest BCUT2D eigenvalue weighted by atomic mass is 16.2. The lowest BCUT2D eigenvalue weighted by atomic mass is 9.87. The molecule has 1 heterocycles. The highest BCUT2D eigenvalue weighted by Gasteiger charge is 2.23. The van der Waals surface area contributed by atoms with Crippen LogP contribution >= 0.6 is 0 Å². The summed E-state index contributed by atoms with van der Waals surface area (Å²) in [6.07, 6.45) is 8.86. The highest BCUT2D eigenvalue weighted by Crippen LogP contribution is 2.32. The van der Waals surface area contributed by atoms with Crippen LogP contribution in [0.2, 0.25) is 0 Å². The third kappa shape index (κ3) is 3.94. The Morgan fingerprint density at radius 2 is 1.86 bits per heavy atom. The molecule has 0 bridgehead atoms. The van der Waals surface area contributed by atoms with Crippen LogP contribution in [-0.4, -0.2) is 29.9 Å². The number of aryl methyl sites for hydroxylation is 1. The largest absolute Gasteiger partial charge is 0.358 e. The third-order valence-electron chi connectivity index (χ3n) is 6.40. The molecule has 5 nitrogen and oxygen atoms in total. The van der Waals surface area contributed by atoms with E-state index in [2.05, 4.69) is 28.6 Å². The lowest BCUT2D eigenvalue weighted by Gasteiger charge is -2.20. The number of aromatic nitrogens is 1. The molecule has 1 aromatic heterocycles. The maximum atomic E-state index is 12.7. The molecule has 2 aliphatic carbocycles. The van der Waals surface area contributed by atoms with E-state index in [0.717, 1.165) is 44.0 Å². The molecule has 3 N–H and O–H groups in total. The topological polar surface area (TPSA) is 74.0 Å². The normalized spacial score (nSPS) is 20.0. The predicted molar refractivity (Wildman–Crippen MR) is 111 cm³/mol. The standard InChI is InChI=1S/C23H31N3O2/c1-15-10-11-20-19(14-15)17-8-5-9-18(21(17)26-20)23(28)25-13-12-24-22(27)16-6-3-2-4-7-16/h5,8-9,15-16,26H,2-4,6-7,10-14H2,1H3,(H,24,27)(H,25,28). The summed E-state index contributed by atoms with van der Waals surface area (Å²) < 4.78 is 0. The quantitative estimate of drug-likeness (QED) is 0.691. The first kappa shape index (κ1) is 19.0. The van der Waals surface area contributed by atoms with Crippen LogP contribution in [0.4, 0.5) is 0 Å². The van der Waals surface area contributed by atoms with Crippen molar-refractivity contribution in [3.8, 4) is 0 Å². The van der Waals surface area contributed by atoms with Crippen molar-refractivity contribution in [2.45, 2.75) is 58.3 Å². The summed E-state index contributed by atoms with van der Waals surface area (Å²) in [4.78, 5) is 28.4. The lowest BCUT2D eigenvalue weighted by molar-refractivity contribution is -0.125. The number of amides is 2. The van der Waals surface area contributed by atoms with Gasteiger partial charge in [-0.15, -0.1) is 0 Å². The van der Waals surface area contributed by atoms with E-state index in [1.807, 2.05) is 12.1 Å². The number of carbonyl (C=O) groups excluding carboxylic acids is 2. The number of aromatic amines is 1. The van der Waals surface area contributed by atoms with Gasteiger partial charge >= 0.3 is 0 Å². The zero-order chi connectivity index (χ0) is 19.5. The Balaban J connectivity index is 1.36. The fourth-order valence-corrected chi connectivity index (χ4v) is 4.77. The maximum Gasteiger partial charge on any atom is 0.253 e. The number of fused-ring (bicyclic) bond motifs is 3. The van der Waals surface area contributed by atoms with Crippen LogP contribution < -0.4 is 10.6 Å². The first-order valence-corrected chi connectivity index (χ1v) is 10.8.